The topological polar surface area (TPSA) is 54.7 Å². The van der Waals surface area contributed by atoms with Crippen molar-refractivity contribution >= 4 is 0 Å². The van der Waals surface area contributed by atoms with Gasteiger partial charge in [0.25, 0.3) is 0 Å². The van der Waals surface area contributed by atoms with Crippen molar-refractivity contribution in [2.75, 3.05) is 0 Å². The molecule has 0 bridgehead atoms. The molecule has 1 aromatic heterocycles. The van der Waals surface area contributed by atoms with Gasteiger partial charge in [-0.15, -0.1) is 0 Å². The summed E-state index contributed by atoms with van der Waals surface area (Å²) in [5.74, 6) is 0.865. The third kappa shape index (κ3) is 2.13. The van der Waals surface area contributed by atoms with Crippen LogP contribution < -0.4 is 5.73 Å². The lowest BCUT2D eigenvalue weighted by Crippen LogP contribution is -2.15. The van der Waals surface area contributed by atoms with E-state index in [1.54, 1.807) is 6.20 Å². The number of fused-ring (bicyclic) bond motifs is 1. The molecule has 1 unspecified atom stereocenters. The molecule has 0 fully saturated rings. The first-order valence-corrected chi connectivity index (χ1v) is 7.19. The van der Waals surface area contributed by atoms with E-state index in [4.69, 9.17) is 5.73 Å². The van der Waals surface area contributed by atoms with Gasteiger partial charge in [-0.05, 0) is 40.8 Å². The third-order valence-electron chi connectivity index (χ3n) is 4.09. The summed E-state index contributed by atoms with van der Waals surface area (Å²) in [6.45, 7) is 6.70. The molecule has 0 amide bonds. The number of allylic oxidation sites excluding steroid dienone is 2. The first-order chi connectivity index (χ1) is 9.56. The highest BCUT2D eigenvalue weighted by molar-refractivity contribution is 5.64. The first-order valence-electron chi connectivity index (χ1n) is 7.19. The van der Waals surface area contributed by atoms with Crippen LogP contribution in [0.1, 0.15) is 49.3 Å². The van der Waals surface area contributed by atoms with Gasteiger partial charge in [0.1, 0.15) is 0 Å². The molecule has 3 nitrogen and oxygen atoms in total. The molecule has 20 heavy (non-hydrogen) atoms. The van der Waals surface area contributed by atoms with Gasteiger partial charge in [0, 0.05) is 29.8 Å². The van der Waals surface area contributed by atoms with Crippen molar-refractivity contribution < 1.29 is 0 Å². The number of benzene rings is 1. The molecule has 1 atom stereocenters. The zero-order valence-electron chi connectivity index (χ0n) is 12.3. The van der Waals surface area contributed by atoms with Crippen LogP contribution in [0.4, 0.5) is 0 Å². The first kappa shape index (κ1) is 13.0. The lowest BCUT2D eigenvalue weighted by atomic mass is 9.80. The molecule has 1 aromatic carbocycles. The number of aromatic amines is 1. The molecule has 0 radical (unpaired) electrons. The molecule has 2 aromatic rings. The third-order valence-corrected chi connectivity index (χ3v) is 4.09. The van der Waals surface area contributed by atoms with Gasteiger partial charge in [0.05, 0.1) is 5.69 Å². The van der Waals surface area contributed by atoms with Gasteiger partial charge in [0.15, 0.2) is 0 Å². The van der Waals surface area contributed by atoms with E-state index in [9.17, 15) is 0 Å². The van der Waals surface area contributed by atoms with E-state index >= 15 is 0 Å². The largest absolute Gasteiger partial charge is 0.402 e. The van der Waals surface area contributed by atoms with E-state index in [0.29, 0.717) is 11.8 Å². The summed E-state index contributed by atoms with van der Waals surface area (Å²) >= 11 is 0. The maximum absolute atomic E-state index is 6.09. The van der Waals surface area contributed by atoms with E-state index in [0.717, 1.165) is 17.8 Å². The van der Waals surface area contributed by atoms with Crippen molar-refractivity contribution in [1.82, 2.24) is 10.2 Å². The molecule has 3 heteroatoms. The Labute approximate surface area is 119 Å². The second-order valence-corrected chi connectivity index (χ2v) is 5.97. The van der Waals surface area contributed by atoms with Crippen molar-refractivity contribution in [3.8, 4) is 11.3 Å². The molecule has 104 valence electrons. The summed E-state index contributed by atoms with van der Waals surface area (Å²) in [6, 6.07) is 6.58. The fourth-order valence-corrected chi connectivity index (χ4v) is 3.09. The van der Waals surface area contributed by atoms with E-state index in [1.807, 2.05) is 6.07 Å². The van der Waals surface area contributed by atoms with Gasteiger partial charge >= 0.3 is 0 Å². The van der Waals surface area contributed by atoms with Crippen LogP contribution >= 0.6 is 0 Å². The summed E-state index contributed by atoms with van der Waals surface area (Å²) in [4.78, 5) is 0. The SMILES string of the molecule is CC(C)c1cc(-c2ccn[nH]2)cc2c1CC(N)=CC2C. The summed E-state index contributed by atoms with van der Waals surface area (Å²) in [5.41, 5.74) is 13.6. The molecule has 1 aliphatic carbocycles. The van der Waals surface area contributed by atoms with Gasteiger partial charge in [-0.2, -0.15) is 5.10 Å². The van der Waals surface area contributed by atoms with Gasteiger partial charge in [-0.1, -0.05) is 26.8 Å². The monoisotopic (exact) mass is 267 g/mol. The van der Waals surface area contributed by atoms with Crippen LogP contribution in [0.5, 0.6) is 0 Å². The van der Waals surface area contributed by atoms with E-state index in [1.165, 1.54) is 22.3 Å². The van der Waals surface area contributed by atoms with Crippen LogP contribution in [0.2, 0.25) is 0 Å². The Hall–Kier alpha value is -2.03. The number of hydrogen-bond acceptors (Lipinski definition) is 2. The van der Waals surface area contributed by atoms with Crippen LogP contribution in [0.25, 0.3) is 11.3 Å². The molecule has 1 aliphatic rings. The highest BCUT2D eigenvalue weighted by atomic mass is 15.1. The highest BCUT2D eigenvalue weighted by Crippen LogP contribution is 2.37. The van der Waals surface area contributed by atoms with E-state index in [2.05, 4.69) is 49.2 Å². The standard InChI is InChI=1S/C17H21N3/c1-10(2)14-7-12(17-4-5-19-20-17)8-15-11(3)6-13(18)9-16(14)15/h4-8,10-11H,9,18H2,1-3H3,(H,19,20). The quantitative estimate of drug-likeness (QED) is 0.871. The molecule has 3 rings (SSSR count). The Morgan fingerprint density at radius 3 is 2.80 bits per heavy atom. The average Bonchev–Trinajstić information content (AvgIpc) is 2.91. The number of nitrogens with zero attached hydrogens (tertiary/aromatic N) is 1. The van der Waals surface area contributed by atoms with Crippen LogP contribution in [0, 0.1) is 0 Å². The van der Waals surface area contributed by atoms with Crippen molar-refractivity contribution in [3.05, 3.63) is 52.9 Å². The second kappa shape index (κ2) is 4.82. The summed E-state index contributed by atoms with van der Waals surface area (Å²) in [5, 5.41) is 7.12. The van der Waals surface area contributed by atoms with Crippen molar-refractivity contribution in [2.45, 2.75) is 39.0 Å². The Morgan fingerprint density at radius 1 is 1.35 bits per heavy atom. The average molecular weight is 267 g/mol. The van der Waals surface area contributed by atoms with Gasteiger partial charge in [-0.3, -0.25) is 5.10 Å². The summed E-state index contributed by atoms with van der Waals surface area (Å²) in [6.07, 6.45) is 4.84. The molecular formula is C17H21N3. The molecule has 3 N–H and O–H groups in total. The molecule has 0 saturated heterocycles. The Kier molecular flexibility index (Phi) is 3.13. The second-order valence-electron chi connectivity index (χ2n) is 5.97. The lowest BCUT2D eigenvalue weighted by molar-refractivity contribution is 0.804. The maximum atomic E-state index is 6.09. The Morgan fingerprint density at radius 2 is 2.15 bits per heavy atom. The molecular weight excluding hydrogens is 246 g/mol. The molecule has 0 spiro atoms. The van der Waals surface area contributed by atoms with Crippen LogP contribution in [-0.4, -0.2) is 10.2 Å². The summed E-state index contributed by atoms with van der Waals surface area (Å²) < 4.78 is 0. The number of H-pyrrole nitrogens is 1. The van der Waals surface area contributed by atoms with Crippen LogP contribution in [0.3, 0.4) is 0 Å². The number of nitrogens with two attached hydrogens (primary N) is 1. The minimum absolute atomic E-state index is 0.374. The van der Waals surface area contributed by atoms with Crippen LogP contribution in [-0.2, 0) is 6.42 Å². The molecule has 0 aliphatic heterocycles. The normalized spacial score (nSPS) is 18.0. The van der Waals surface area contributed by atoms with E-state index < -0.39 is 0 Å². The fraction of sp³-hybridized carbons (Fsp3) is 0.353. The number of hydrogen-bond donors (Lipinski definition) is 2. The minimum Gasteiger partial charge on any atom is -0.402 e. The Bertz CT molecular complexity index is 651. The molecule has 1 heterocycles. The predicted octanol–water partition coefficient (Wildman–Crippen LogP) is 3.70. The predicted molar refractivity (Wildman–Crippen MR) is 82.5 cm³/mol. The molecule has 0 saturated carbocycles. The van der Waals surface area contributed by atoms with Crippen molar-refractivity contribution in [2.24, 2.45) is 5.73 Å². The van der Waals surface area contributed by atoms with Crippen molar-refractivity contribution in [3.63, 3.8) is 0 Å². The smallest absolute Gasteiger partial charge is 0.0650 e. The summed E-state index contributed by atoms with van der Waals surface area (Å²) in [7, 11) is 0. The Balaban J connectivity index is 2.20. The highest BCUT2D eigenvalue weighted by Gasteiger charge is 2.21. The fourth-order valence-electron chi connectivity index (χ4n) is 3.09. The van der Waals surface area contributed by atoms with Crippen LogP contribution in [0.15, 0.2) is 36.2 Å². The van der Waals surface area contributed by atoms with E-state index in [-0.39, 0.29) is 0 Å². The minimum atomic E-state index is 0.374. The lowest BCUT2D eigenvalue weighted by Gasteiger charge is -2.26. The number of nitrogens with one attached hydrogen (secondary N) is 1. The number of rotatable bonds is 2. The van der Waals surface area contributed by atoms with Gasteiger partial charge in [0.2, 0.25) is 0 Å². The van der Waals surface area contributed by atoms with Crippen molar-refractivity contribution in [1.29, 1.82) is 0 Å². The maximum Gasteiger partial charge on any atom is 0.0650 e. The van der Waals surface area contributed by atoms with Gasteiger partial charge < -0.3 is 5.73 Å². The zero-order valence-corrected chi connectivity index (χ0v) is 12.3. The zero-order chi connectivity index (χ0) is 14.3. The van der Waals surface area contributed by atoms with Gasteiger partial charge in [-0.25, -0.2) is 0 Å². The number of aromatic nitrogens is 2.